The molecule has 0 saturated carbocycles. The molecule has 0 aliphatic carbocycles. The van der Waals surface area contributed by atoms with Crippen molar-refractivity contribution in [2.45, 2.75) is 32.4 Å². The van der Waals surface area contributed by atoms with Gasteiger partial charge >= 0.3 is 0 Å². The van der Waals surface area contributed by atoms with Gasteiger partial charge in [-0.05, 0) is 44.1 Å². The minimum atomic E-state index is 0.0566. The zero-order valence-electron chi connectivity index (χ0n) is 12.5. The Morgan fingerprint density at radius 2 is 2.38 bits per heavy atom. The van der Waals surface area contributed by atoms with Gasteiger partial charge in [0, 0.05) is 30.4 Å². The minimum absolute atomic E-state index is 0.0566. The van der Waals surface area contributed by atoms with Crippen LogP contribution < -0.4 is 5.32 Å². The fraction of sp³-hybridized carbons (Fsp3) is 0.500. The summed E-state index contributed by atoms with van der Waals surface area (Å²) in [5.74, 6) is 0.0566. The molecule has 1 fully saturated rings. The second kappa shape index (κ2) is 6.26. The van der Waals surface area contributed by atoms with E-state index in [1.54, 1.807) is 6.20 Å². The van der Waals surface area contributed by atoms with Crippen LogP contribution in [0, 0.1) is 0 Å². The van der Waals surface area contributed by atoms with E-state index in [0.717, 1.165) is 30.7 Å². The van der Waals surface area contributed by atoms with E-state index in [4.69, 9.17) is 0 Å². The predicted molar refractivity (Wildman–Crippen MR) is 83.0 cm³/mol. The quantitative estimate of drug-likeness (QED) is 0.909. The smallest absolute Gasteiger partial charge is 0.240 e. The van der Waals surface area contributed by atoms with E-state index >= 15 is 0 Å². The topological polar surface area (TPSA) is 50.2 Å². The molecule has 1 amide bonds. The highest BCUT2D eigenvalue weighted by atomic mass is 16.1. The number of amides is 1. The van der Waals surface area contributed by atoms with Crippen molar-refractivity contribution in [1.29, 1.82) is 0 Å². The number of carbonyl (C=O) groups excluding carboxylic acids is 1. The first-order chi connectivity index (χ1) is 10.3. The van der Waals surface area contributed by atoms with E-state index < -0.39 is 0 Å². The number of likely N-dealkylation sites (tertiary alicyclic amines) is 1. The maximum atomic E-state index is 12.1. The lowest BCUT2D eigenvalue weighted by atomic mass is 10.2. The molecule has 21 heavy (non-hydrogen) atoms. The Kier molecular flexibility index (Phi) is 4.20. The molecule has 0 spiro atoms. The van der Waals surface area contributed by atoms with Gasteiger partial charge in [-0.1, -0.05) is 6.92 Å². The van der Waals surface area contributed by atoms with Crippen molar-refractivity contribution >= 4 is 16.9 Å². The van der Waals surface area contributed by atoms with Crippen LogP contribution in [0.15, 0.2) is 30.6 Å². The van der Waals surface area contributed by atoms with Crippen molar-refractivity contribution in [3.05, 3.63) is 30.6 Å². The lowest BCUT2D eigenvalue weighted by molar-refractivity contribution is -0.121. The summed E-state index contributed by atoms with van der Waals surface area (Å²) in [7, 11) is 0. The van der Waals surface area contributed by atoms with Crippen molar-refractivity contribution in [3.63, 3.8) is 0 Å². The number of carbonyl (C=O) groups is 1. The van der Waals surface area contributed by atoms with Crippen LogP contribution in [-0.2, 0) is 11.3 Å². The maximum absolute atomic E-state index is 12.1. The van der Waals surface area contributed by atoms with Crippen molar-refractivity contribution in [2.24, 2.45) is 0 Å². The molecule has 1 N–H and O–H groups in total. The van der Waals surface area contributed by atoms with Gasteiger partial charge in [-0.2, -0.15) is 0 Å². The number of likely N-dealkylation sites (N-methyl/N-ethyl adjacent to an activating group) is 1. The molecule has 5 heteroatoms. The number of fused-ring (bicyclic) bond motifs is 1. The molecular weight excluding hydrogens is 264 g/mol. The highest BCUT2D eigenvalue weighted by molar-refractivity contribution is 5.80. The van der Waals surface area contributed by atoms with Crippen LogP contribution in [0.5, 0.6) is 0 Å². The van der Waals surface area contributed by atoms with Crippen LogP contribution in [0.3, 0.4) is 0 Å². The third-order valence-corrected chi connectivity index (χ3v) is 4.28. The second-order valence-corrected chi connectivity index (χ2v) is 5.59. The van der Waals surface area contributed by atoms with E-state index in [1.807, 2.05) is 29.0 Å². The molecule has 1 saturated heterocycles. The molecule has 3 rings (SSSR count). The lowest BCUT2D eigenvalue weighted by Crippen LogP contribution is -2.41. The summed E-state index contributed by atoms with van der Waals surface area (Å²) in [5, 5.41) is 4.13. The molecule has 1 atom stereocenters. The first-order valence-corrected chi connectivity index (χ1v) is 7.68. The standard InChI is InChI=1S/C16H22N4O/c1-2-19-9-4-6-14(19)11-18-15(21)12-20-10-7-13-5-3-8-17-16(13)20/h3,5,7-8,10,14H,2,4,6,9,11-12H2,1H3,(H,18,21). The van der Waals surface area contributed by atoms with Crippen LogP contribution in [0.25, 0.3) is 11.0 Å². The number of hydrogen-bond acceptors (Lipinski definition) is 3. The summed E-state index contributed by atoms with van der Waals surface area (Å²) in [6.07, 6.45) is 6.10. The van der Waals surface area contributed by atoms with Crippen LogP contribution in [0.4, 0.5) is 0 Å². The number of rotatable bonds is 5. The van der Waals surface area contributed by atoms with E-state index in [-0.39, 0.29) is 5.91 Å². The normalized spacial score (nSPS) is 19.2. The number of nitrogens with zero attached hydrogens (tertiary/aromatic N) is 3. The van der Waals surface area contributed by atoms with Gasteiger partial charge in [0.05, 0.1) is 0 Å². The molecule has 5 nitrogen and oxygen atoms in total. The summed E-state index contributed by atoms with van der Waals surface area (Å²) < 4.78 is 1.90. The third-order valence-electron chi connectivity index (χ3n) is 4.28. The Morgan fingerprint density at radius 3 is 3.24 bits per heavy atom. The van der Waals surface area contributed by atoms with E-state index in [0.29, 0.717) is 12.6 Å². The van der Waals surface area contributed by atoms with Crippen LogP contribution in [-0.4, -0.2) is 46.0 Å². The van der Waals surface area contributed by atoms with E-state index in [2.05, 4.69) is 22.1 Å². The molecule has 0 radical (unpaired) electrons. The molecule has 0 bridgehead atoms. The van der Waals surface area contributed by atoms with Crippen LogP contribution in [0.1, 0.15) is 19.8 Å². The van der Waals surface area contributed by atoms with Crippen molar-refractivity contribution in [1.82, 2.24) is 19.8 Å². The number of aromatic nitrogens is 2. The molecule has 3 heterocycles. The van der Waals surface area contributed by atoms with Gasteiger partial charge in [0.2, 0.25) is 5.91 Å². The van der Waals surface area contributed by atoms with Crippen LogP contribution >= 0.6 is 0 Å². The first kappa shape index (κ1) is 14.1. The Balaban J connectivity index is 1.57. The SMILES string of the molecule is CCN1CCCC1CNC(=O)Cn1ccc2cccnc21. The molecule has 1 aliphatic heterocycles. The maximum Gasteiger partial charge on any atom is 0.240 e. The van der Waals surface area contributed by atoms with Crippen molar-refractivity contribution < 1.29 is 4.79 Å². The third kappa shape index (κ3) is 3.08. The number of hydrogen-bond donors (Lipinski definition) is 1. The van der Waals surface area contributed by atoms with Gasteiger partial charge in [-0.3, -0.25) is 9.69 Å². The molecule has 112 valence electrons. The molecular formula is C16H22N4O. The molecule has 0 aromatic carbocycles. The van der Waals surface area contributed by atoms with Gasteiger partial charge in [-0.25, -0.2) is 4.98 Å². The van der Waals surface area contributed by atoms with Gasteiger partial charge in [0.15, 0.2) is 0 Å². The molecule has 1 unspecified atom stereocenters. The minimum Gasteiger partial charge on any atom is -0.353 e. The average molecular weight is 286 g/mol. The number of pyridine rings is 1. The Bertz CT molecular complexity index is 622. The monoisotopic (exact) mass is 286 g/mol. The predicted octanol–water partition coefficient (Wildman–Crippen LogP) is 1.64. The fourth-order valence-electron chi connectivity index (χ4n) is 3.13. The summed E-state index contributed by atoms with van der Waals surface area (Å²) >= 11 is 0. The second-order valence-electron chi connectivity index (χ2n) is 5.59. The zero-order valence-corrected chi connectivity index (χ0v) is 12.5. The fourth-order valence-corrected chi connectivity index (χ4v) is 3.13. The van der Waals surface area contributed by atoms with Gasteiger partial charge in [0.1, 0.15) is 12.2 Å². The van der Waals surface area contributed by atoms with Gasteiger partial charge < -0.3 is 9.88 Å². The summed E-state index contributed by atoms with van der Waals surface area (Å²) in [5.41, 5.74) is 0.865. The molecule has 2 aromatic rings. The highest BCUT2D eigenvalue weighted by Gasteiger charge is 2.23. The largest absolute Gasteiger partial charge is 0.353 e. The van der Waals surface area contributed by atoms with Crippen LogP contribution in [0.2, 0.25) is 0 Å². The van der Waals surface area contributed by atoms with Gasteiger partial charge in [-0.15, -0.1) is 0 Å². The molecule has 2 aromatic heterocycles. The lowest BCUT2D eigenvalue weighted by Gasteiger charge is -2.22. The Morgan fingerprint density at radius 1 is 1.48 bits per heavy atom. The summed E-state index contributed by atoms with van der Waals surface area (Å²) in [4.78, 5) is 18.9. The summed E-state index contributed by atoms with van der Waals surface area (Å²) in [6, 6.07) is 6.41. The number of nitrogens with one attached hydrogen (secondary N) is 1. The Hall–Kier alpha value is -1.88. The van der Waals surface area contributed by atoms with E-state index in [9.17, 15) is 4.79 Å². The van der Waals surface area contributed by atoms with E-state index in [1.165, 1.54) is 12.8 Å². The zero-order chi connectivity index (χ0) is 14.7. The van der Waals surface area contributed by atoms with Gasteiger partial charge in [0.25, 0.3) is 0 Å². The highest BCUT2D eigenvalue weighted by Crippen LogP contribution is 2.15. The summed E-state index contributed by atoms with van der Waals surface area (Å²) in [6.45, 7) is 5.48. The molecule has 1 aliphatic rings. The Labute approximate surface area is 125 Å². The van der Waals surface area contributed by atoms with Crippen molar-refractivity contribution in [2.75, 3.05) is 19.6 Å². The average Bonchev–Trinajstić information content (AvgIpc) is 3.12. The first-order valence-electron chi connectivity index (χ1n) is 7.68. The van der Waals surface area contributed by atoms with Crippen molar-refractivity contribution in [3.8, 4) is 0 Å².